The molecule has 0 aliphatic carbocycles. The number of hydrogen-bond acceptors (Lipinski definition) is 4. The zero-order valence-corrected chi connectivity index (χ0v) is 13.1. The maximum absolute atomic E-state index is 11.5. The summed E-state index contributed by atoms with van der Waals surface area (Å²) in [6.07, 6.45) is 10.8. The van der Waals surface area contributed by atoms with Crippen LogP contribution in [0.25, 0.3) is 0 Å². The standard InChI is InChI=1S/C14H30N2O2S/c1-2-3-4-5-6-7-8-9-14(16-15)13-10-11-19(17,18)12-13/h13-14,16H,2-12,15H2,1H3. The van der Waals surface area contributed by atoms with E-state index in [0.29, 0.717) is 11.5 Å². The molecule has 1 rings (SSSR count). The Morgan fingerprint density at radius 1 is 1.16 bits per heavy atom. The van der Waals surface area contributed by atoms with Crippen LogP contribution in [0.5, 0.6) is 0 Å². The Balaban J connectivity index is 2.12. The van der Waals surface area contributed by atoms with Gasteiger partial charge >= 0.3 is 0 Å². The molecule has 5 heteroatoms. The van der Waals surface area contributed by atoms with E-state index in [9.17, 15) is 8.42 Å². The van der Waals surface area contributed by atoms with Gasteiger partial charge in [0, 0.05) is 6.04 Å². The minimum Gasteiger partial charge on any atom is -0.271 e. The average molecular weight is 290 g/mol. The molecule has 0 bridgehead atoms. The largest absolute Gasteiger partial charge is 0.271 e. The molecule has 0 aromatic heterocycles. The van der Waals surface area contributed by atoms with Gasteiger partial charge in [-0.3, -0.25) is 11.3 Å². The van der Waals surface area contributed by atoms with Crippen molar-refractivity contribution in [2.24, 2.45) is 11.8 Å². The molecule has 1 aliphatic rings. The Bertz CT molecular complexity index is 330. The average Bonchev–Trinajstić information content (AvgIpc) is 2.73. The lowest BCUT2D eigenvalue weighted by molar-refractivity contribution is 0.354. The number of nitrogens with two attached hydrogens (primary N) is 1. The highest BCUT2D eigenvalue weighted by Gasteiger charge is 2.32. The molecular formula is C14H30N2O2S. The number of sulfone groups is 1. The first-order valence-electron chi connectivity index (χ1n) is 7.75. The predicted octanol–water partition coefficient (Wildman–Crippen LogP) is 2.39. The van der Waals surface area contributed by atoms with Crippen molar-refractivity contribution in [3.63, 3.8) is 0 Å². The summed E-state index contributed by atoms with van der Waals surface area (Å²) in [6.45, 7) is 2.23. The normalized spacial score (nSPS) is 23.6. The van der Waals surface area contributed by atoms with Crippen LogP contribution in [0.4, 0.5) is 0 Å². The van der Waals surface area contributed by atoms with E-state index >= 15 is 0 Å². The van der Waals surface area contributed by atoms with Crippen LogP contribution in [0.1, 0.15) is 64.7 Å². The van der Waals surface area contributed by atoms with Crippen LogP contribution in [-0.2, 0) is 9.84 Å². The number of hydrazine groups is 1. The first-order chi connectivity index (χ1) is 9.09. The lowest BCUT2D eigenvalue weighted by Crippen LogP contribution is -2.41. The van der Waals surface area contributed by atoms with Crippen LogP contribution in [0.2, 0.25) is 0 Å². The molecule has 0 radical (unpaired) electrons. The van der Waals surface area contributed by atoms with Gasteiger partial charge in [-0.1, -0.05) is 51.9 Å². The fraction of sp³-hybridized carbons (Fsp3) is 1.00. The van der Waals surface area contributed by atoms with Crippen molar-refractivity contribution in [3.05, 3.63) is 0 Å². The van der Waals surface area contributed by atoms with Crippen molar-refractivity contribution < 1.29 is 8.42 Å². The van der Waals surface area contributed by atoms with E-state index in [1.807, 2.05) is 0 Å². The molecule has 114 valence electrons. The van der Waals surface area contributed by atoms with Gasteiger partial charge in [0.2, 0.25) is 0 Å². The van der Waals surface area contributed by atoms with Gasteiger partial charge in [-0.05, 0) is 18.8 Å². The minimum absolute atomic E-state index is 0.174. The Labute approximate surface area is 118 Å². The Kier molecular flexibility index (Phi) is 7.95. The lowest BCUT2D eigenvalue weighted by atomic mass is 9.94. The summed E-state index contributed by atoms with van der Waals surface area (Å²) in [5.41, 5.74) is 2.83. The Morgan fingerprint density at radius 3 is 2.32 bits per heavy atom. The molecule has 0 spiro atoms. The molecule has 1 aliphatic heterocycles. The Morgan fingerprint density at radius 2 is 1.79 bits per heavy atom. The van der Waals surface area contributed by atoms with Crippen LogP contribution in [0.15, 0.2) is 0 Å². The van der Waals surface area contributed by atoms with Gasteiger partial charge in [0.1, 0.15) is 0 Å². The van der Waals surface area contributed by atoms with Gasteiger partial charge in [-0.15, -0.1) is 0 Å². The fourth-order valence-electron chi connectivity index (χ4n) is 2.92. The van der Waals surface area contributed by atoms with Crippen molar-refractivity contribution in [1.82, 2.24) is 5.43 Å². The SMILES string of the molecule is CCCCCCCCCC(NN)C1CCS(=O)(=O)C1. The van der Waals surface area contributed by atoms with E-state index in [1.54, 1.807) is 0 Å². The third-order valence-electron chi connectivity index (χ3n) is 4.17. The van der Waals surface area contributed by atoms with Crippen LogP contribution < -0.4 is 11.3 Å². The van der Waals surface area contributed by atoms with E-state index in [2.05, 4.69) is 12.3 Å². The summed E-state index contributed by atoms with van der Waals surface area (Å²) in [5, 5.41) is 0. The fourth-order valence-corrected chi connectivity index (χ4v) is 4.80. The number of hydrogen-bond donors (Lipinski definition) is 2. The summed E-state index contributed by atoms with van der Waals surface area (Å²) in [5.74, 6) is 6.45. The molecule has 1 saturated heterocycles. The summed E-state index contributed by atoms with van der Waals surface area (Å²) < 4.78 is 22.9. The van der Waals surface area contributed by atoms with Crippen molar-refractivity contribution in [1.29, 1.82) is 0 Å². The van der Waals surface area contributed by atoms with Gasteiger partial charge < -0.3 is 0 Å². The summed E-state index contributed by atoms with van der Waals surface area (Å²) >= 11 is 0. The topological polar surface area (TPSA) is 72.2 Å². The smallest absolute Gasteiger partial charge is 0.150 e. The predicted molar refractivity (Wildman–Crippen MR) is 80.5 cm³/mol. The van der Waals surface area contributed by atoms with Gasteiger partial charge in [-0.2, -0.15) is 0 Å². The van der Waals surface area contributed by atoms with E-state index in [0.717, 1.165) is 19.3 Å². The van der Waals surface area contributed by atoms with Crippen molar-refractivity contribution in [2.75, 3.05) is 11.5 Å². The highest BCUT2D eigenvalue weighted by molar-refractivity contribution is 7.91. The van der Waals surface area contributed by atoms with Crippen LogP contribution in [-0.4, -0.2) is 26.0 Å². The van der Waals surface area contributed by atoms with Crippen molar-refractivity contribution >= 4 is 9.84 Å². The Hall–Kier alpha value is -0.130. The molecule has 2 unspecified atom stereocenters. The second-order valence-electron chi connectivity index (χ2n) is 5.85. The molecule has 4 nitrogen and oxygen atoms in total. The molecule has 3 N–H and O–H groups in total. The van der Waals surface area contributed by atoms with Gasteiger partial charge in [0.15, 0.2) is 9.84 Å². The molecule has 0 amide bonds. The molecule has 1 fully saturated rings. The first-order valence-corrected chi connectivity index (χ1v) is 9.57. The van der Waals surface area contributed by atoms with E-state index in [1.165, 1.54) is 38.5 Å². The molecule has 2 atom stereocenters. The third kappa shape index (κ3) is 6.72. The van der Waals surface area contributed by atoms with Crippen LogP contribution in [0.3, 0.4) is 0 Å². The summed E-state index contributed by atoms with van der Waals surface area (Å²) in [7, 11) is -2.79. The van der Waals surface area contributed by atoms with E-state index in [-0.39, 0.29) is 12.0 Å². The highest BCUT2D eigenvalue weighted by atomic mass is 32.2. The minimum atomic E-state index is -2.79. The molecule has 0 saturated carbocycles. The van der Waals surface area contributed by atoms with Crippen molar-refractivity contribution in [2.45, 2.75) is 70.8 Å². The number of unbranched alkanes of at least 4 members (excludes halogenated alkanes) is 6. The maximum Gasteiger partial charge on any atom is 0.150 e. The molecule has 0 aromatic rings. The third-order valence-corrected chi connectivity index (χ3v) is 5.96. The number of nitrogens with one attached hydrogen (secondary N) is 1. The second-order valence-corrected chi connectivity index (χ2v) is 8.07. The lowest BCUT2D eigenvalue weighted by Gasteiger charge is -2.21. The second kappa shape index (κ2) is 8.93. The highest BCUT2D eigenvalue weighted by Crippen LogP contribution is 2.24. The van der Waals surface area contributed by atoms with Crippen LogP contribution >= 0.6 is 0 Å². The molecule has 0 aromatic carbocycles. The van der Waals surface area contributed by atoms with Crippen molar-refractivity contribution in [3.8, 4) is 0 Å². The van der Waals surface area contributed by atoms with Gasteiger partial charge in [0.05, 0.1) is 11.5 Å². The van der Waals surface area contributed by atoms with E-state index < -0.39 is 9.84 Å². The maximum atomic E-state index is 11.5. The monoisotopic (exact) mass is 290 g/mol. The van der Waals surface area contributed by atoms with E-state index in [4.69, 9.17) is 5.84 Å². The zero-order valence-electron chi connectivity index (χ0n) is 12.2. The number of rotatable bonds is 10. The molecule has 1 heterocycles. The summed E-state index contributed by atoms with van der Waals surface area (Å²) in [6, 6.07) is 0.174. The molecular weight excluding hydrogens is 260 g/mol. The van der Waals surface area contributed by atoms with Crippen LogP contribution in [0, 0.1) is 5.92 Å². The zero-order chi connectivity index (χ0) is 14.1. The van der Waals surface area contributed by atoms with Gasteiger partial charge in [-0.25, -0.2) is 8.42 Å². The first kappa shape index (κ1) is 16.9. The summed E-state index contributed by atoms with van der Waals surface area (Å²) in [4.78, 5) is 0. The quantitative estimate of drug-likeness (QED) is 0.368. The molecule has 19 heavy (non-hydrogen) atoms. The van der Waals surface area contributed by atoms with Gasteiger partial charge in [0.25, 0.3) is 0 Å².